The van der Waals surface area contributed by atoms with Gasteiger partial charge in [-0.25, -0.2) is 4.68 Å². The van der Waals surface area contributed by atoms with E-state index < -0.39 is 5.60 Å². The SMILES string of the molecule is C/C=C\C(=C/C)C1=CC=C(c2cnn(/C(N)=C(/C(C)=O)C(=NC)C3CCN(C(=O)C4(O)CCN(C(=O)CC)CC4)CC3)c2)CC=N1. The van der Waals surface area contributed by atoms with Gasteiger partial charge in [0.2, 0.25) is 5.91 Å². The summed E-state index contributed by atoms with van der Waals surface area (Å²) in [7, 11) is 1.65. The number of rotatable bonds is 9. The Kier molecular flexibility index (Phi) is 11.4. The van der Waals surface area contributed by atoms with Crippen LogP contribution in [0.25, 0.3) is 11.4 Å². The Morgan fingerprint density at radius 2 is 1.80 bits per heavy atom. The summed E-state index contributed by atoms with van der Waals surface area (Å²) in [5.41, 5.74) is 9.86. The van der Waals surface area contributed by atoms with Crippen LogP contribution in [0.4, 0.5) is 0 Å². The first kappa shape index (κ1) is 34.5. The van der Waals surface area contributed by atoms with Crippen LogP contribution in [0.15, 0.2) is 69.6 Å². The summed E-state index contributed by atoms with van der Waals surface area (Å²) in [6, 6.07) is 0. The van der Waals surface area contributed by atoms with Gasteiger partial charge in [0.15, 0.2) is 5.78 Å². The minimum Gasteiger partial charge on any atom is -0.383 e. The van der Waals surface area contributed by atoms with Gasteiger partial charge in [-0.2, -0.15) is 5.10 Å². The lowest BCUT2D eigenvalue weighted by molar-refractivity contribution is -0.160. The Hall–Kier alpha value is -4.38. The molecule has 46 heavy (non-hydrogen) atoms. The highest BCUT2D eigenvalue weighted by Gasteiger charge is 2.43. The van der Waals surface area contributed by atoms with Crippen molar-refractivity contribution in [2.45, 2.75) is 71.8 Å². The zero-order valence-electron chi connectivity index (χ0n) is 27.7. The molecule has 0 atom stereocenters. The normalized spacial score (nSPS) is 20.3. The number of allylic oxidation sites excluding steroid dienone is 7. The van der Waals surface area contributed by atoms with Crippen LogP contribution in [0.2, 0.25) is 0 Å². The largest absolute Gasteiger partial charge is 0.383 e. The molecule has 3 N–H and O–H groups in total. The Labute approximate surface area is 271 Å². The number of carbonyl (C=O) groups is 3. The first-order valence-corrected chi connectivity index (χ1v) is 16.1. The van der Waals surface area contributed by atoms with Crippen LogP contribution in [-0.2, 0) is 14.4 Å². The van der Waals surface area contributed by atoms with Gasteiger partial charge in [-0.15, -0.1) is 0 Å². The van der Waals surface area contributed by atoms with Crippen molar-refractivity contribution in [1.82, 2.24) is 19.6 Å². The number of ketones is 1. The molecule has 2 fully saturated rings. The van der Waals surface area contributed by atoms with Crippen molar-refractivity contribution in [2.24, 2.45) is 21.6 Å². The Bertz CT molecular complexity index is 1540. The van der Waals surface area contributed by atoms with E-state index in [0.717, 1.165) is 22.4 Å². The molecule has 0 unspecified atom stereocenters. The van der Waals surface area contributed by atoms with Gasteiger partial charge in [-0.05, 0) is 50.8 Å². The molecule has 0 aliphatic carbocycles. The maximum atomic E-state index is 13.4. The van der Waals surface area contributed by atoms with E-state index in [1.807, 2.05) is 63.6 Å². The molecule has 4 rings (SSSR count). The first-order chi connectivity index (χ1) is 22.1. The highest BCUT2D eigenvalue weighted by atomic mass is 16.3. The number of aliphatic hydroxyl groups is 1. The van der Waals surface area contributed by atoms with Gasteiger partial charge in [0.05, 0.1) is 23.2 Å². The molecule has 1 aromatic heterocycles. The van der Waals surface area contributed by atoms with Gasteiger partial charge < -0.3 is 20.6 Å². The molecule has 1 aromatic rings. The van der Waals surface area contributed by atoms with Crippen LogP contribution >= 0.6 is 0 Å². The third-order valence-electron chi connectivity index (χ3n) is 9.06. The molecule has 3 aliphatic rings. The number of nitrogens with two attached hydrogens (primary N) is 1. The smallest absolute Gasteiger partial charge is 0.254 e. The molecule has 246 valence electrons. The van der Waals surface area contributed by atoms with Gasteiger partial charge >= 0.3 is 0 Å². The predicted octanol–water partition coefficient (Wildman–Crippen LogP) is 3.94. The van der Waals surface area contributed by atoms with Crippen LogP contribution in [-0.4, -0.2) is 93.0 Å². The first-order valence-electron chi connectivity index (χ1n) is 16.1. The lowest BCUT2D eigenvalue weighted by atomic mass is 9.84. The average molecular weight is 630 g/mol. The molecule has 2 amide bonds. The molecule has 11 nitrogen and oxygen atoms in total. The monoisotopic (exact) mass is 629 g/mol. The third-order valence-corrected chi connectivity index (χ3v) is 9.06. The summed E-state index contributed by atoms with van der Waals surface area (Å²) in [4.78, 5) is 51.0. The fourth-order valence-electron chi connectivity index (χ4n) is 6.37. The van der Waals surface area contributed by atoms with Crippen molar-refractivity contribution in [3.8, 4) is 0 Å². The fraction of sp³-hybridized carbons (Fsp3) is 0.486. The van der Waals surface area contributed by atoms with Crippen LogP contribution in [0.1, 0.15) is 71.8 Å². The molecular formula is C35H47N7O4. The summed E-state index contributed by atoms with van der Waals surface area (Å²) in [5, 5.41) is 15.7. The summed E-state index contributed by atoms with van der Waals surface area (Å²) in [6.45, 7) is 8.83. The zero-order chi connectivity index (χ0) is 33.4. The number of piperidine rings is 2. The number of nitrogens with zero attached hydrogens (tertiary/aromatic N) is 6. The van der Waals surface area contributed by atoms with E-state index in [0.29, 0.717) is 63.1 Å². The molecule has 11 heteroatoms. The number of hydrogen-bond acceptors (Lipinski definition) is 8. The maximum absolute atomic E-state index is 13.4. The van der Waals surface area contributed by atoms with E-state index in [-0.39, 0.29) is 42.2 Å². The van der Waals surface area contributed by atoms with Gasteiger partial charge in [-0.1, -0.05) is 31.2 Å². The highest BCUT2D eigenvalue weighted by molar-refractivity contribution is 6.25. The van der Waals surface area contributed by atoms with Crippen LogP contribution in [0.5, 0.6) is 0 Å². The third kappa shape index (κ3) is 7.52. The highest BCUT2D eigenvalue weighted by Crippen LogP contribution is 2.30. The molecule has 0 saturated carbocycles. The fourth-order valence-corrected chi connectivity index (χ4v) is 6.37. The molecule has 0 bridgehead atoms. The summed E-state index contributed by atoms with van der Waals surface area (Å²) >= 11 is 0. The number of aliphatic imine (C=N–C) groups is 2. The Morgan fingerprint density at radius 1 is 1.11 bits per heavy atom. The molecular weight excluding hydrogens is 582 g/mol. The van der Waals surface area contributed by atoms with Crippen molar-refractivity contribution in [1.29, 1.82) is 0 Å². The maximum Gasteiger partial charge on any atom is 0.254 e. The van der Waals surface area contributed by atoms with Crippen molar-refractivity contribution >= 4 is 40.9 Å². The Balaban J connectivity index is 1.48. The second-order valence-electron chi connectivity index (χ2n) is 11.9. The quantitative estimate of drug-likeness (QED) is 0.240. The minimum atomic E-state index is -1.47. The molecule has 4 heterocycles. The van der Waals surface area contributed by atoms with Crippen LogP contribution in [0, 0.1) is 5.92 Å². The summed E-state index contributed by atoms with van der Waals surface area (Å²) < 4.78 is 1.52. The molecule has 0 radical (unpaired) electrons. The van der Waals surface area contributed by atoms with E-state index in [1.54, 1.807) is 23.0 Å². The predicted molar refractivity (Wildman–Crippen MR) is 182 cm³/mol. The number of aromatic nitrogens is 2. The second-order valence-corrected chi connectivity index (χ2v) is 11.9. The van der Waals surface area contributed by atoms with Crippen molar-refractivity contribution in [3.05, 3.63) is 65.2 Å². The van der Waals surface area contributed by atoms with Gasteiger partial charge in [0, 0.05) is 82.8 Å². The van der Waals surface area contributed by atoms with E-state index in [1.165, 1.54) is 11.6 Å². The number of amides is 2. The van der Waals surface area contributed by atoms with Crippen LogP contribution in [0.3, 0.4) is 0 Å². The number of Topliss-reactive ketones (excluding diaryl/α,β-unsaturated/α-hetero) is 1. The molecule has 0 aromatic carbocycles. The van der Waals surface area contributed by atoms with E-state index in [9.17, 15) is 19.5 Å². The zero-order valence-corrected chi connectivity index (χ0v) is 27.7. The van der Waals surface area contributed by atoms with Gasteiger partial charge in [0.1, 0.15) is 11.4 Å². The average Bonchev–Trinajstić information content (AvgIpc) is 3.44. The lowest BCUT2D eigenvalue weighted by Crippen LogP contribution is -2.57. The molecule has 0 spiro atoms. The standard InChI is InChI=1S/C35H47N7O4/c1-6-9-25(7-2)29-11-10-26(12-17-38-29)28-22-39-42(23-28)33(36)31(24(4)43)32(37-5)27-13-18-41(19-14-27)34(45)35(46)15-20-40(21-16-35)30(44)8-3/h6-7,9-11,17,22-23,27,46H,8,12-16,18-21,36H2,1-5H3/b9-6-,25-7+,33-31-,37-32?. The summed E-state index contributed by atoms with van der Waals surface area (Å²) in [5.74, 6) is -0.370. The number of likely N-dealkylation sites (tertiary alicyclic amines) is 2. The van der Waals surface area contributed by atoms with E-state index >= 15 is 0 Å². The summed E-state index contributed by atoms with van der Waals surface area (Å²) in [6.07, 6.45) is 18.1. The van der Waals surface area contributed by atoms with Crippen LogP contribution < -0.4 is 5.73 Å². The van der Waals surface area contributed by atoms with E-state index in [2.05, 4.69) is 15.1 Å². The number of carbonyl (C=O) groups excluding carboxylic acids is 3. The topological polar surface area (TPSA) is 146 Å². The molecule has 2 saturated heterocycles. The molecule has 3 aliphatic heterocycles. The second kappa shape index (κ2) is 15.3. The lowest BCUT2D eigenvalue weighted by Gasteiger charge is -2.42. The van der Waals surface area contributed by atoms with Crippen molar-refractivity contribution < 1.29 is 19.5 Å². The van der Waals surface area contributed by atoms with Crippen molar-refractivity contribution in [2.75, 3.05) is 33.2 Å². The van der Waals surface area contributed by atoms with Gasteiger partial charge in [0.25, 0.3) is 5.91 Å². The Morgan fingerprint density at radius 3 is 2.39 bits per heavy atom. The minimum absolute atomic E-state index is 0.0344. The van der Waals surface area contributed by atoms with E-state index in [4.69, 9.17) is 5.73 Å². The van der Waals surface area contributed by atoms with Crippen molar-refractivity contribution in [3.63, 3.8) is 0 Å². The number of hydrogen-bond donors (Lipinski definition) is 2. The van der Waals surface area contributed by atoms with Gasteiger partial charge in [-0.3, -0.25) is 24.4 Å².